The van der Waals surface area contributed by atoms with E-state index in [1.54, 1.807) is 0 Å². The highest BCUT2D eigenvalue weighted by Crippen LogP contribution is 2.22. The summed E-state index contributed by atoms with van der Waals surface area (Å²) in [6, 6.07) is 8.17. The average Bonchev–Trinajstić information content (AvgIpc) is 2.97. The second-order valence-corrected chi connectivity index (χ2v) is 7.66. The van der Waals surface area contributed by atoms with E-state index in [0.717, 1.165) is 24.4 Å². The Bertz CT molecular complexity index is 633. The third-order valence-electron chi connectivity index (χ3n) is 4.92. The van der Waals surface area contributed by atoms with Gasteiger partial charge in [0.15, 0.2) is 0 Å². The molecule has 0 aliphatic rings. The molecule has 1 unspecified atom stereocenters. The maximum absolute atomic E-state index is 6.41. The van der Waals surface area contributed by atoms with E-state index in [-0.39, 0.29) is 0 Å². The molecule has 0 aliphatic heterocycles. The van der Waals surface area contributed by atoms with Crippen LogP contribution in [0.25, 0.3) is 0 Å². The normalized spacial score (nSPS) is 12.5. The van der Waals surface area contributed by atoms with E-state index in [1.165, 1.54) is 55.6 Å². The molecular weight excluding hydrogens is 328 g/mol. The Kier molecular flexibility index (Phi) is 8.54. The van der Waals surface area contributed by atoms with Crippen molar-refractivity contribution in [3.05, 3.63) is 52.6 Å². The van der Waals surface area contributed by atoms with Crippen molar-refractivity contribution >= 4 is 11.6 Å². The number of hydrogen-bond donors (Lipinski definition) is 0. The minimum absolute atomic E-state index is 0.701. The van der Waals surface area contributed by atoms with Crippen molar-refractivity contribution in [2.45, 2.75) is 78.7 Å². The van der Waals surface area contributed by atoms with Crippen LogP contribution in [0.3, 0.4) is 0 Å². The zero-order valence-electron chi connectivity index (χ0n) is 16.1. The maximum atomic E-state index is 6.41. The minimum Gasteiger partial charge on any atom is -0.328 e. The van der Waals surface area contributed by atoms with Gasteiger partial charge in [-0.15, -0.1) is 0 Å². The lowest BCUT2D eigenvalue weighted by Crippen LogP contribution is -2.12. The number of unbranched alkanes of at least 4 members (excludes halogenated alkanes) is 3. The SMILES string of the molecule is CCCCCC(C)Cc1cnc(CCCC)n1Cc1ccccc1Cl. The zero-order chi connectivity index (χ0) is 18.1. The molecule has 2 rings (SSSR count). The molecule has 0 bridgehead atoms. The summed E-state index contributed by atoms with van der Waals surface area (Å²) in [4.78, 5) is 4.75. The summed E-state index contributed by atoms with van der Waals surface area (Å²) >= 11 is 6.41. The van der Waals surface area contributed by atoms with Crippen LogP contribution in [0.2, 0.25) is 5.02 Å². The second-order valence-electron chi connectivity index (χ2n) is 7.25. The van der Waals surface area contributed by atoms with Crippen LogP contribution < -0.4 is 0 Å². The number of hydrogen-bond acceptors (Lipinski definition) is 1. The number of aryl methyl sites for hydroxylation is 1. The molecule has 138 valence electrons. The van der Waals surface area contributed by atoms with E-state index in [9.17, 15) is 0 Å². The van der Waals surface area contributed by atoms with Crippen LogP contribution in [-0.2, 0) is 19.4 Å². The molecule has 0 saturated heterocycles. The van der Waals surface area contributed by atoms with E-state index in [1.807, 2.05) is 12.1 Å². The van der Waals surface area contributed by atoms with Crippen molar-refractivity contribution in [1.29, 1.82) is 0 Å². The van der Waals surface area contributed by atoms with Gasteiger partial charge in [0.25, 0.3) is 0 Å². The number of imidazole rings is 1. The third kappa shape index (κ3) is 6.18. The largest absolute Gasteiger partial charge is 0.328 e. The molecule has 1 atom stereocenters. The lowest BCUT2D eigenvalue weighted by Gasteiger charge is -2.16. The van der Waals surface area contributed by atoms with Gasteiger partial charge in [-0.1, -0.05) is 82.7 Å². The summed E-state index contributed by atoms with van der Waals surface area (Å²) in [6.45, 7) is 7.70. The second kappa shape index (κ2) is 10.7. The molecule has 0 aliphatic carbocycles. The van der Waals surface area contributed by atoms with Crippen LogP contribution in [0.15, 0.2) is 30.5 Å². The van der Waals surface area contributed by atoms with Gasteiger partial charge in [0.1, 0.15) is 5.82 Å². The van der Waals surface area contributed by atoms with E-state index >= 15 is 0 Å². The van der Waals surface area contributed by atoms with Gasteiger partial charge in [-0.05, 0) is 30.4 Å². The number of nitrogens with zero attached hydrogens (tertiary/aromatic N) is 2. The van der Waals surface area contributed by atoms with Crippen LogP contribution in [0.4, 0.5) is 0 Å². The maximum Gasteiger partial charge on any atom is 0.109 e. The Labute approximate surface area is 158 Å². The van der Waals surface area contributed by atoms with Gasteiger partial charge in [-0.2, -0.15) is 0 Å². The smallest absolute Gasteiger partial charge is 0.109 e. The predicted octanol–water partition coefficient (Wildman–Crippen LogP) is 6.69. The highest BCUT2D eigenvalue weighted by atomic mass is 35.5. The zero-order valence-corrected chi connectivity index (χ0v) is 16.9. The van der Waals surface area contributed by atoms with Crippen molar-refractivity contribution in [3.63, 3.8) is 0 Å². The summed E-state index contributed by atoms with van der Waals surface area (Å²) in [5.74, 6) is 1.91. The fraction of sp³-hybridized carbons (Fsp3) is 0.591. The highest BCUT2D eigenvalue weighted by Gasteiger charge is 2.14. The molecule has 3 heteroatoms. The first-order chi connectivity index (χ1) is 12.2. The molecule has 0 saturated carbocycles. The van der Waals surface area contributed by atoms with Crippen LogP contribution in [-0.4, -0.2) is 9.55 Å². The number of rotatable bonds is 11. The first-order valence-electron chi connectivity index (χ1n) is 9.92. The first-order valence-corrected chi connectivity index (χ1v) is 10.3. The summed E-state index contributed by atoms with van der Waals surface area (Å²) in [5.41, 5.74) is 2.54. The molecule has 2 nitrogen and oxygen atoms in total. The lowest BCUT2D eigenvalue weighted by atomic mass is 9.98. The van der Waals surface area contributed by atoms with Gasteiger partial charge in [0.2, 0.25) is 0 Å². The minimum atomic E-state index is 0.701. The predicted molar refractivity (Wildman–Crippen MR) is 108 cm³/mol. The molecule has 1 aromatic carbocycles. The standard InChI is InChI=1S/C22H33ClN2/c1-4-6-8-11-18(3)15-20-16-24-22(14-7-5-2)25(20)17-19-12-9-10-13-21(19)23/h9-10,12-13,16,18H,4-8,11,14-15,17H2,1-3H3. The average molecular weight is 361 g/mol. The Hall–Kier alpha value is -1.28. The van der Waals surface area contributed by atoms with Gasteiger partial charge in [-0.25, -0.2) is 4.98 Å². The quantitative estimate of drug-likeness (QED) is 0.408. The molecule has 1 aromatic heterocycles. The van der Waals surface area contributed by atoms with Gasteiger partial charge in [0, 0.05) is 23.3 Å². The lowest BCUT2D eigenvalue weighted by molar-refractivity contribution is 0.478. The Morgan fingerprint density at radius 3 is 2.56 bits per heavy atom. The molecule has 2 aromatic rings. The summed E-state index contributed by atoms with van der Waals surface area (Å²) in [7, 11) is 0. The Morgan fingerprint density at radius 1 is 1.08 bits per heavy atom. The molecule has 0 spiro atoms. The van der Waals surface area contributed by atoms with Crippen LogP contribution in [0.1, 0.15) is 76.4 Å². The highest BCUT2D eigenvalue weighted by molar-refractivity contribution is 6.31. The van der Waals surface area contributed by atoms with E-state index < -0.39 is 0 Å². The number of benzene rings is 1. The fourth-order valence-electron chi connectivity index (χ4n) is 3.34. The molecule has 25 heavy (non-hydrogen) atoms. The van der Waals surface area contributed by atoms with Crippen LogP contribution in [0, 0.1) is 5.92 Å². The Balaban J connectivity index is 2.15. The third-order valence-corrected chi connectivity index (χ3v) is 5.29. The van der Waals surface area contributed by atoms with Crippen molar-refractivity contribution in [3.8, 4) is 0 Å². The molecule has 0 fully saturated rings. The molecule has 0 radical (unpaired) electrons. The molecule has 1 heterocycles. The van der Waals surface area contributed by atoms with Gasteiger partial charge in [-0.3, -0.25) is 0 Å². The van der Waals surface area contributed by atoms with Gasteiger partial charge < -0.3 is 4.57 Å². The Morgan fingerprint density at radius 2 is 1.84 bits per heavy atom. The van der Waals surface area contributed by atoms with E-state index in [2.05, 4.69) is 43.7 Å². The number of halogens is 1. The molecule has 0 amide bonds. The summed E-state index contributed by atoms with van der Waals surface area (Å²) in [6.07, 6.45) is 11.9. The van der Waals surface area contributed by atoms with E-state index in [4.69, 9.17) is 16.6 Å². The van der Waals surface area contributed by atoms with Crippen molar-refractivity contribution in [2.75, 3.05) is 0 Å². The van der Waals surface area contributed by atoms with E-state index in [0.29, 0.717) is 5.92 Å². The van der Waals surface area contributed by atoms with Gasteiger partial charge >= 0.3 is 0 Å². The first kappa shape index (κ1) is 20.0. The fourth-order valence-corrected chi connectivity index (χ4v) is 3.54. The van der Waals surface area contributed by atoms with Crippen molar-refractivity contribution in [2.24, 2.45) is 5.92 Å². The topological polar surface area (TPSA) is 17.8 Å². The van der Waals surface area contributed by atoms with Crippen LogP contribution >= 0.6 is 11.6 Å². The summed E-state index contributed by atoms with van der Waals surface area (Å²) < 4.78 is 2.41. The van der Waals surface area contributed by atoms with Crippen molar-refractivity contribution < 1.29 is 0 Å². The monoisotopic (exact) mass is 360 g/mol. The van der Waals surface area contributed by atoms with Gasteiger partial charge in [0.05, 0.1) is 6.54 Å². The molecule has 0 N–H and O–H groups in total. The summed E-state index contributed by atoms with van der Waals surface area (Å²) in [5, 5.41) is 0.847. The van der Waals surface area contributed by atoms with Crippen molar-refractivity contribution in [1.82, 2.24) is 9.55 Å². The molecular formula is C22H33ClN2. The number of aromatic nitrogens is 2. The van der Waals surface area contributed by atoms with Crippen LogP contribution in [0.5, 0.6) is 0 Å².